The highest BCUT2D eigenvalue weighted by molar-refractivity contribution is 7.48. The summed E-state index contributed by atoms with van der Waals surface area (Å²) in [6.45, 7) is 4.14. The van der Waals surface area contributed by atoms with Gasteiger partial charge in [0.2, 0.25) is 0 Å². The van der Waals surface area contributed by atoms with Gasteiger partial charge in [0, 0.05) is 5.41 Å². The smallest absolute Gasteiger partial charge is 0.454 e. The van der Waals surface area contributed by atoms with E-state index < -0.39 is 19.7 Å². The largest absolute Gasteiger partial charge is 0.476 e. The van der Waals surface area contributed by atoms with Crippen LogP contribution >= 0.6 is 7.82 Å². The second-order valence-electron chi connectivity index (χ2n) is 6.88. The van der Waals surface area contributed by atoms with Crippen molar-refractivity contribution in [2.75, 3.05) is 13.2 Å². The van der Waals surface area contributed by atoms with Crippen LogP contribution in [0.2, 0.25) is 0 Å². The number of hydrogen-bond acceptors (Lipinski definition) is 6. The summed E-state index contributed by atoms with van der Waals surface area (Å²) in [7, 11) is -3.88. The van der Waals surface area contributed by atoms with E-state index in [9.17, 15) is 14.2 Å². The maximum Gasteiger partial charge on any atom is 0.476 e. The summed E-state index contributed by atoms with van der Waals surface area (Å²) in [5, 5.41) is 9.44. The van der Waals surface area contributed by atoms with Crippen molar-refractivity contribution in [2.24, 2.45) is 5.41 Å². The molecule has 1 saturated heterocycles. The monoisotopic (exact) mass is 391 g/mol. The highest BCUT2D eigenvalue weighted by atomic mass is 31.2. The lowest BCUT2D eigenvalue weighted by Crippen LogP contribution is -2.30. The van der Waals surface area contributed by atoms with E-state index in [2.05, 4.69) is 0 Å². The van der Waals surface area contributed by atoms with Crippen LogP contribution in [-0.4, -0.2) is 13.2 Å². The molecular weight excluding hydrogens is 372 g/mol. The van der Waals surface area contributed by atoms with Gasteiger partial charge >= 0.3 is 7.82 Å². The molecule has 1 heterocycles. The van der Waals surface area contributed by atoms with Gasteiger partial charge in [-0.25, -0.2) is 8.96 Å². The molecule has 2 aromatic rings. The van der Waals surface area contributed by atoms with Gasteiger partial charge in [-0.15, -0.1) is 0 Å². The van der Waals surface area contributed by atoms with Gasteiger partial charge in [0.05, 0.1) is 19.3 Å². The number of nitrogens with zero attached hydrogens (tertiary/aromatic N) is 1. The fourth-order valence-corrected chi connectivity index (χ4v) is 3.95. The fraction of sp³-hybridized carbons (Fsp3) is 0.316. The second-order valence-corrected chi connectivity index (χ2v) is 8.50. The average molecular weight is 391 g/mol. The number of benzene rings is 2. The first-order valence-electron chi connectivity index (χ1n) is 8.30. The van der Waals surface area contributed by atoms with Gasteiger partial charge in [0.1, 0.15) is 5.75 Å². The number of nitriles is 1. The van der Waals surface area contributed by atoms with Gasteiger partial charge < -0.3 is 4.74 Å². The Morgan fingerprint density at radius 3 is 2.48 bits per heavy atom. The molecule has 1 fully saturated rings. The van der Waals surface area contributed by atoms with Crippen LogP contribution in [0.25, 0.3) is 0 Å². The molecule has 8 heteroatoms. The van der Waals surface area contributed by atoms with Gasteiger partial charge in [-0.2, -0.15) is 5.26 Å². The molecule has 3 rings (SSSR count). The molecule has 0 amide bonds. The lowest BCUT2D eigenvalue weighted by Gasteiger charge is -2.33. The van der Waals surface area contributed by atoms with Crippen LogP contribution in [0, 0.1) is 22.6 Å². The molecule has 1 atom stereocenters. The summed E-state index contributed by atoms with van der Waals surface area (Å²) >= 11 is 0. The highest BCUT2D eigenvalue weighted by Crippen LogP contribution is 2.57. The van der Waals surface area contributed by atoms with Gasteiger partial charge in [0.25, 0.3) is 0 Å². The lowest BCUT2D eigenvalue weighted by atomic mass is 9.97. The summed E-state index contributed by atoms with van der Waals surface area (Å²) in [6, 6.07) is 14.4. The minimum absolute atomic E-state index is 0.0764. The molecule has 0 N–H and O–H groups in total. The number of phosphoric acid groups is 1. The Kier molecular flexibility index (Phi) is 5.64. The van der Waals surface area contributed by atoms with Crippen molar-refractivity contribution < 1.29 is 27.3 Å². The SMILES string of the molecule is CC1(C)COP(=O)(OC(C#N)c2ccc(F)c(Oc3ccccc3)c2)OC1. The van der Waals surface area contributed by atoms with Crippen molar-refractivity contribution in [3.63, 3.8) is 0 Å². The first-order chi connectivity index (χ1) is 12.8. The zero-order chi connectivity index (χ0) is 19.5. The number of phosphoric ester groups is 1. The average Bonchev–Trinajstić information content (AvgIpc) is 2.66. The van der Waals surface area contributed by atoms with E-state index in [0.29, 0.717) is 5.75 Å². The number of ether oxygens (including phenoxy) is 1. The molecule has 1 aliphatic heterocycles. The predicted octanol–water partition coefficient (Wildman–Crippen LogP) is 5.38. The molecule has 1 aliphatic rings. The fourth-order valence-electron chi connectivity index (χ4n) is 2.31. The predicted molar refractivity (Wildman–Crippen MR) is 95.6 cm³/mol. The topological polar surface area (TPSA) is 77.8 Å². The molecule has 27 heavy (non-hydrogen) atoms. The third kappa shape index (κ3) is 4.94. The molecule has 0 saturated carbocycles. The zero-order valence-electron chi connectivity index (χ0n) is 14.9. The van der Waals surface area contributed by atoms with Crippen LogP contribution in [0.4, 0.5) is 4.39 Å². The maximum absolute atomic E-state index is 14.1. The van der Waals surface area contributed by atoms with Crippen LogP contribution < -0.4 is 4.74 Å². The molecule has 0 aromatic heterocycles. The summed E-state index contributed by atoms with van der Waals surface area (Å²) in [5.41, 5.74) is -0.0245. The number of para-hydroxylation sites is 1. The van der Waals surface area contributed by atoms with E-state index in [1.807, 2.05) is 26.0 Å². The van der Waals surface area contributed by atoms with Crippen LogP contribution in [-0.2, 0) is 18.1 Å². The third-order valence-corrected chi connectivity index (χ3v) is 5.17. The Hall–Kier alpha value is -2.23. The van der Waals surface area contributed by atoms with E-state index in [1.54, 1.807) is 24.3 Å². The van der Waals surface area contributed by atoms with E-state index in [-0.39, 0.29) is 29.9 Å². The van der Waals surface area contributed by atoms with E-state index in [4.69, 9.17) is 18.3 Å². The standard InChI is InChI=1S/C19H19FNO5P/c1-19(2)12-23-27(22,24-13-19)26-18(11-21)14-8-9-16(20)17(10-14)25-15-6-4-3-5-7-15/h3-10,18H,12-13H2,1-2H3. The minimum Gasteiger partial charge on any atom is -0.454 e. The quantitative estimate of drug-likeness (QED) is 0.637. The van der Waals surface area contributed by atoms with Crippen molar-refractivity contribution in [1.29, 1.82) is 5.26 Å². The Balaban J connectivity index is 1.79. The van der Waals surface area contributed by atoms with Crippen LogP contribution in [0.1, 0.15) is 25.5 Å². The van der Waals surface area contributed by atoms with Crippen LogP contribution in [0.15, 0.2) is 48.5 Å². The Morgan fingerprint density at radius 1 is 1.19 bits per heavy atom. The first-order valence-corrected chi connectivity index (χ1v) is 9.76. The van der Waals surface area contributed by atoms with Gasteiger partial charge in [-0.3, -0.25) is 13.6 Å². The highest BCUT2D eigenvalue weighted by Gasteiger charge is 2.40. The van der Waals surface area contributed by atoms with Crippen molar-refractivity contribution in [3.8, 4) is 17.6 Å². The first kappa shape index (κ1) is 19.5. The lowest BCUT2D eigenvalue weighted by molar-refractivity contribution is -0.00539. The summed E-state index contributed by atoms with van der Waals surface area (Å²) < 4.78 is 48.0. The van der Waals surface area contributed by atoms with Crippen LogP contribution in [0.5, 0.6) is 11.5 Å². The summed E-state index contributed by atoms with van der Waals surface area (Å²) in [6.07, 6.45) is -1.27. The van der Waals surface area contributed by atoms with Gasteiger partial charge in [-0.05, 0) is 29.8 Å². The van der Waals surface area contributed by atoms with E-state index in [1.165, 1.54) is 12.1 Å². The van der Waals surface area contributed by atoms with Crippen molar-refractivity contribution in [3.05, 3.63) is 59.9 Å². The Bertz CT molecular complexity index is 883. The maximum atomic E-state index is 14.1. The number of hydrogen-bond donors (Lipinski definition) is 0. The van der Waals surface area contributed by atoms with Crippen molar-refractivity contribution in [2.45, 2.75) is 20.0 Å². The minimum atomic E-state index is -3.88. The Morgan fingerprint density at radius 2 is 1.85 bits per heavy atom. The van der Waals surface area contributed by atoms with Gasteiger partial charge in [0.15, 0.2) is 17.7 Å². The molecule has 0 radical (unpaired) electrons. The third-order valence-electron chi connectivity index (χ3n) is 3.81. The molecular formula is C19H19FNO5P. The number of halogens is 1. The zero-order valence-corrected chi connectivity index (χ0v) is 15.8. The van der Waals surface area contributed by atoms with Crippen molar-refractivity contribution >= 4 is 7.82 Å². The summed E-state index contributed by atoms with van der Waals surface area (Å²) in [4.78, 5) is 0. The molecule has 0 spiro atoms. The second kappa shape index (κ2) is 7.79. The molecule has 1 unspecified atom stereocenters. The molecule has 142 valence electrons. The van der Waals surface area contributed by atoms with E-state index in [0.717, 1.165) is 6.07 Å². The van der Waals surface area contributed by atoms with Crippen molar-refractivity contribution in [1.82, 2.24) is 0 Å². The van der Waals surface area contributed by atoms with Crippen LogP contribution in [0.3, 0.4) is 0 Å². The Labute approximate surface area is 157 Å². The molecule has 0 aliphatic carbocycles. The van der Waals surface area contributed by atoms with E-state index >= 15 is 0 Å². The number of rotatable bonds is 5. The van der Waals surface area contributed by atoms with Gasteiger partial charge in [-0.1, -0.05) is 38.1 Å². The normalized spacial score (nSPS) is 19.0. The molecule has 0 bridgehead atoms. The summed E-state index contributed by atoms with van der Waals surface area (Å²) in [5.74, 6) is -0.234. The molecule has 2 aromatic carbocycles. The molecule has 6 nitrogen and oxygen atoms in total.